The molecule has 4 rings (SSSR count). The number of halogens is 2. The second-order valence-corrected chi connectivity index (χ2v) is 7.87. The number of carbonyl (C=O) groups excluding carboxylic acids is 1. The Morgan fingerprint density at radius 2 is 1.74 bits per heavy atom. The van der Waals surface area contributed by atoms with E-state index in [1.807, 2.05) is 11.0 Å². The third-order valence-electron chi connectivity index (χ3n) is 5.36. The molecule has 142 valence electrons. The number of amides is 1. The van der Waals surface area contributed by atoms with Gasteiger partial charge in [-0.2, -0.15) is 0 Å². The first kappa shape index (κ1) is 18.5. The number of carbonyl (C=O) groups is 1. The Balaban J connectivity index is 1.31. The van der Waals surface area contributed by atoms with Crippen LogP contribution in [0.2, 0.25) is 10.0 Å². The highest BCUT2D eigenvalue weighted by Crippen LogP contribution is 2.34. The summed E-state index contributed by atoms with van der Waals surface area (Å²) in [6.07, 6.45) is 4.11. The van der Waals surface area contributed by atoms with Crippen LogP contribution in [0, 0.1) is 5.92 Å². The lowest BCUT2D eigenvalue weighted by molar-refractivity contribution is 0.0687. The Morgan fingerprint density at radius 3 is 2.48 bits per heavy atom. The maximum absolute atomic E-state index is 12.8. The smallest absolute Gasteiger partial charge is 0.256 e. The van der Waals surface area contributed by atoms with Crippen molar-refractivity contribution >= 4 is 29.1 Å². The lowest BCUT2D eigenvalue weighted by Crippen LogP contribution is -2.38. The van der Waals surface area contributed by atoms with Gasteiger partial charge in [0.2, 0.25) is 6.79 Å². The number of aryl methyl sites for hydroxylation is 1. The zero-order valence-electron chi connectivity index (χ0n) is 14.9. The summed E-state index contributed by atoms with van der Waals surface area (Å²) >= 11 is 12.4. The summed E-state index contributed by atoms with van der Waals surface area (Å²) < 4.78 is 10.8. The average molecular weight is 406 g/mol. The summed E-state index contributed by atoms with van der Waals surface area (Å²) in [4.78, 5) is 14.6. The molecule has 2 aliphatic heterocycles. The van der Waals surface area contributed by atoms with Gasteiger partial charge in [-0.3, -0.25) is 4.79 Å². The zero-order valence-corrected chi connectivity index (χ0v) is 16.4. The molecule has 2 aliphatic rings. The van der Waals surface area contributed by atoms with Crippen LogP contribution in [0.5, 0.6) is 11.5 Å². The molecule has 0 saturated carbocycles. The van der Waals surface area contributed by atoms with Crippen molar-refractivity contribution in [1.82, 2.24) is 4.90 Å². The molecular weight excluding hydrogens is 385 g/mol. The summed E-state index contributed by atoms with van der Waals surface area (Å²) in [5.41, 5.74) is 1.68. The first-order valence-electron chi connectivity index (χ1n) is 9.23. The van der Waals surface area contributed by atoms with Crippen LogP contribution in [0.1, 0.15) is 35.2 Å². The highest BCUT2D eigenvalue weighted by Gasteiger charge is 2.26. The predicted molar refractivity (Wildman–Crippen MR) is 106 cm³/mol. The monoisotopic (exact) mass is 405 g/mol. The fraction of sp³-hybridized carbons (Fsp3) is 0.381. The van der Waals surface area contributed by atoms with Gasteiger partial charge in [0.05, 0.1) is 15.6 Å². The van der Waals surface area contributed by atoms with Gasteiger partial charge >= 0.3 is 0 Å². The molecule has 0 aromatic heterocycles. The van der Waals surface area contributed by atoms with Crippen LogP contribution in [0.15, 0.2) is 36.4 Å². The Labute approximate surface area is 169 Å². The molecule has 1 saturated heterocycles. The van der Waals surface area contributed by atoms with Crippen molar-refractivity contribution in [1.29, 1.82) is 0 Å². The maximum Gasteiger partial charge on any atom is 0.256 e. The van der Waals surface area contributed by atoms with Gasteiger partial charge in [-0.1, -0.05) is 35.3 Å². The van der Waals surface area contributed by atoms with Crippen LogP contribution < -0.4 is 9.47 Å². The van der Waals surface area contributed by atoms with E-state index < -0.39 is 0 Å². The number of nitrogens with zero attached hydrogens (tertiary/aromatic N) is 1. The van der Waals surface area contributed by atoms with Gasteiger partial charge in [-0.05, 0) is 61.4 Å². The third-order valence-corrected chi connectivity index (χ3v) is 5.99. The average Bonchev–Trinajstić information content (AvgIpc) is 3.14. The highest BCUT2D eigenvalue weighted by molar-refractivity contribution is 6.39. The second-order valence-electron chi connectivity index (χ2n) is 7.06. The number of piperidine rings is 1. The van der Waals surface area contributed by atoms with E-state index in [-0.39, 0.29) is 5.91 Å². The lowest BCUT2D eigenvalue weighted by Gasteiger charge is -2.32. The number of hydrogen-bond acceptors (Lipinski definition) is 3. The molecule has 2 aromatic carbocycles. The molecule has 2 heterocycles. The third kappa shape index (κ3) is 4.02. The van der Waals surface area contributed by atoms with Crippen LogP contribution in [0.3, 0.4) is 0 Å². The Bertz CT molecular complexity index is 827. The van der Waals surface area contributed by atoms with Crippen molar-refractivity contribution in [3.05, 3.63) is 57.6 Å². The number of ether oxygens (including phenoxy) is 2. The topological polar surface area (TPSA) is 38.8 Å². The van der Waals surface area contributed by atoms with E-state index in [0.717, 1.165) is 50.3 Å². The Hall–Kier alpha value is -1.91. The molecule has 27 heavy (non-hydrogen) atoms. The van der Waals surface area contributed by atoms with Crippen molar-refractivity contribution in [2.75, 3.05) is 19.9 Å². The van der Waals surface area contributed by atoms with Gasteiger partial charge in [0.1, 0.15) is 0 Å². The van der Waals surface area contributed by atoms with Gasteiger partial charge in [-0.25, -0.2) is 0 Å². The van der Waals surface area contributed by atoms with E-state index in [0.29, 0.717) is 28.3 Å². The minimum absolute atomic E-state index is 0.0696. The van der Waals surface area contributed by atoms with Crippen LogP contribution in [0.25, 0.3) is 0 Å². The van der Waals surface area contributed by atoms with Crippen molar-refractivity contribution in [3.8, 4) is 11.5 Å². The van der Waals surface area contributed by atoms with Gasteiger partial charge in [-0.15, -0.1) is 0 Å². The fourth-order valence-electron chi connectivity index (χ4n) is 3.75. The number of benzene rings is 2. The minimum Gasteiger partial charge on any atom is -0.454 e. The van der Waals surface area contributed by atoms with Crippen LogP contribution in [0.4, 0.5) is 0 Å². The SMILES string of the molecule is O=C(c1c(Cl)cccc1Cl)N1CCC(CCc2ccc3c(c2)OCO3)CC1. The van der Waals surface area contributed by atoms with E-state index in [9.17, 15) is 4.79 Å². The first-order valence-corrected chi connectivity index (χ1v) is 9.99. The molecule has 6 heteroatoms. The molecule has 1 amide bonds. The molecule has 0 spiro atoms. The van der Waals surface area contributed by atoms with Crippen molar-refractivity contribution in [2.45, 2.75) is 25.7 Å². The van der Waals surface area contributed by atoms with Crippen LogP contribution in [-0.2, 0) is 6.42 Å². The lowest BCUT2D eigenvalue weighted by atomic mass is 9.90. The van der Waals surface area contributed by atoms with Gasteiger partial charge in [0.25, 0.3) is 5.91 Å². The highest BCUT2D eigenvalue weighted by atomic mass is 35.5. The minimum atomic E-state index is -0.0696. The number of hydrogen-bond donors (Lipinski definition) is 0. The molecule has 2 aromatic rings. The first-order chi connectivity index (χ1) is 13.1. The molecular formula is C21H21Cl2NO3. The Morgan fingerprint density at radius 1 is 1.04 bits per heavy atom. The summed E-state index contributed by atoms with van der Waals surface area (Å²) in [6, 6.07) is 11.3. The standard InChI is InChI=1S/C21H21Cl2NO3/c22-16-2-1-3-17(23)20(16)21(25)24-10-8-14(9-11-24)4-5-15-6-7-18-19(12-15)27-13-26-18/h1-3,6-7,12,14H,4-5,8-11,13H2. The largest absolute Gasteiger partial charge is 0.454 e. The quantitative estimate of drug-likeness (QED) is 0.700. The summed E-state index contributed by atoms with van der Waals surface area (Å²) in [5, 5.41) is 0.829. The van der Waals surface area contributed by atoms with Crippen molar-refractivity contribution < 1.29 is 14.3 Å². The van der Waals surface area contributed by atoms with Crippen molar-refractivity contribution in [3.63, 3.8) is 0 Å². The number of likely N-dealkylation sites (tertiary alicyclic amines) is 1. The summed E-state index contributed by atoms with van der Waals surface area (Å²) in [7, 11) is 0. The van der Waals surface area contributed by atoms with E-state index in [4.69, 9.17) is 32.7 Å². The molecule has 0 N–H and O–H groups in total. The molecule has 1 fully saturated rings. The van der Waals surface area contributed by atoms with E-state index in [1.165, 1.54) is 5.56 Å². The normalized spacial score (nSPS) is 16.6. The molecule has 0 atom stereocenters. The maximum atomic E-state index is 12.8. The summed E-state index contributed by atoms with van der Waals surface area (Å²) in [6.45, 7) is 1.79. The Kier molecular flexibility index (Phi) is 5.46. The van der Waals surface area contributed by atoms with Crippen LogP contribution >= 0.6 is 23.2 Å². The summed E-state index contributed by atoms with van der Waals surface area (Å²) in [5.74, 6) is 2.20. The van der Waals surface area contributed by atoms with Crippen molar-refractivity contribution in [2.24, 2.45) is 5.92 Å². The van der Waals surface area contributed by atoms with E-state index in [1.54, 1.807) is 18.2 Å². The van der Waals surface area contributed by atoms with E-state index >= 15 is 0 Å². The fourth-order valence-corrected chi connectivity index (χ4v) is 4.31. The molecule has 0 radical (unpaired) electrons. The van der Waals surface area contributed by atoms with E-state index in [2.05, 4.69) is 12.1 Å². The second kappa shape index (κ2) is 7.99. The predicted octanol–water partition coefficient (Wildman–Crippen LogP) is 5.21. The van der Waals surface area contributed by atoms with Gasteiger partial charge in [0, 0.05) is 13.1 Å². The number of fused-ring (bicyclic) bond motifs is 1. The zero-order chi connectivity index (χ0) is 18.8. The van der Waals surface area contributed by atoms with Crippen LogP contribution in [-0.4, -0.2) is 30.7 Å². The molecule has 0 bridgehead atoms. The number of rotatable bonds is 4. The van der Waals surface area contributed by atoms with Gasteiger partial charge < -0.3 is 14.4 Å². The molecule has 0 aliphatic carbocycles. The molecule has 0 unspecified atom stereocenters. The van der Waals surface area contributed by atoms with Gasteiger partial charge in [0.15, 0.2) is 11.5 Å². The molecule has 4 nitrogen and oxygen atoms in total.